The van der Waals surface area contributed by atoms with E-state index in [1.54, 1.807) is 39.2 Å². The molecule has 3 saturated heterocycles. The van der Waals surface area contributed by atoms with E-state index in [1.165, 1.54) is 18.3 Å². The summed E-state index contributed by atoms with van der Waals surface area (Å²) in [5.41, 5.74) is -0.0486. The van der Waals surface area contributed by atoms with Crippen LogP contribution in [0.25, 0.3) is 6.08 Å². The SMILES string of the molecule is CC(=O)OC[C@H]1O[C@@H](OCc2nc(/C=C(\C)[C@@H]3C[C@@H]4O[C@@H]4CCC[C@H](C)[C@H](O)[C@@H](C)C(=O)C(C)(C)[C@@H](O)CC(=O)O3)cs2)[C@H](O)[C@@H](O)[C@@H]1O. The van der Waals surface area contributed by atoms with Crippen molar-refractivity contribution in [3.63, 3.8) is 0 Å². The second-order valence-electron chi connectivity index (χ2n) is 14.1. The highest BCUT2D eigenvalue weighted by Gasteiger charge is 2.46. The Balaban J connectivity index is 1.43. The van der Waals surface area contributed by atoms with E-state index in [2.05, 4.69) is 4.98 Å². The average molecular weight is 714 g/mol. The molecule has 0 unspecified atom stereocenters. The van der Waals surface area contributed by atoms with Crippen molar-refractivity contribution >= 4 is 35.1 Å². The van der Waals surface area contributed by atoms with Gasteiger partial charge in [0.25, 0.3) is 0 Å². The molecule has 0 radical (unpaired) electrons. The number of Topliss-reactive ketones (excluding diaryl/α,β-unsaturated/α-hetero) is 1. The first-order chi connectivity index (χ1) is 23.0. The van der Waals surface area contributed by atoms with Gasteiger partial charge in [-0.05, 0) is 37.3 Å². The maximum absolute atomic E-state index is 13.3. The lowest BCUT2D eigenvalue weighted by Crippen LogP contribution is -2.59. The maximum atomic E-state index is 13.3. The quantitative estimate of drug-likeness (QED) is 0.201. The summed E-state index contributed by atoms with van der Waals surface area (Å²) in [6.07, 6.45) is -6.04. The zero-order valence-electron chi connectivity index (χ0n) is 28.9. The Kier molecular flexibility index (Phi) is 13.5. The Bertz CT molecular complexity index is 1330. The molecule has 0 aliphatic carbocycles. The lowest BCUT2D eigenvalue weighted by molar-refractivity contribution is -0.304. The zero-order chi connectivity index (χ0) is 36.2. The summed E-state index contributed by atoms with van der Waals surface area (Å²) in [6.45, 7) is 9.29. The van der Waals surface area contributed by atoms with Crippen LogP contribution in [-0.2, 0) is 44.7 Å². The van der Waals surface area contributed by atoms with E-state index in [9.17, 15) is 39.9 Å². The first kappa shape index (κ1) is 39.4. The molecule has 15 heteroatoms. The van der Waals surface area contributed by atoms with E-state index in [1.807, 2.05) is 6.92 Å². The van der Waals surface area contributed by atoms with E-state index >= 15 is 0 Å². The first-order valence-corrected chi connectivity index (χ1v) is 17.7. The number of aliphatic hydroxyl groups is 5. The average Bonchev–Trinajstić information content (AvgIpc) is 3.63. The second-order valence-corrected chi connectivity index (χ2v) is 15.0. The normalized spacial score (nSPS) is 38.0. The van der Waals surface area contributed by atoms with Gasteiger partial charge in [-0.25, -0.2) is 4.98 Å². The highest BCUT2D eigenvalue weighted by molar-refractivity contribution is 7.09. The fourth-order valence-corrected chi connectivity index (χ4v) is 7.01. The standard InChI is InChI=1S/C34H51NO13S/c1-16-8-7-9-21-23(46-21)11-22(47-27(38)12-25(37)34(5,6)32(43)18(3)28(16)39)17(2)10-20-15-49-26(35-20)14-45-33-31(42)30(41)29(40)24(48-33)13-44-19(4)36/h10,15-16,18,21-25,28-31,33,37,39-42H,7-9,11-14H2,1-6H3/b17-10+/t16-,18+,21+,22-,23-,24+,25-,28-,29+,30-,31+,33+/m0/s1. The molecular formula is C34H51NO13S. The van der Waals surface area contributed by atoms with Crippen molar-refractivity contribution in [2.45, 2.75) is 141 Å². The predicted octanol–water partition coefficient (Wildman–Crippen LogP) is 1.67. The van der Waals surface area contributed by atoms with Gasteiger partial charge in [0, 0.05) is 24.6 Å². The molecule has 5 N–H and O–H groups in total. The minimum absolute atomic E-state index is 0.0107. The number of cyclic esters (lactones) is 1. The third-order valence-corrected chi connectivity index (χ3v) is 10.7. The number of nitrogens with zero attached hydrogens (tertiary/aromatic N) is 1. The van der Waals surface area contributed by atoms with Gasteiger partial charge in [0.05, 0.1) is 41.9 Å². The molecule has 3 fully saturated rings. The monoisotopic (exact) mass is 713 g/mol. The second kappa shape index (κ2) is 16.8. The Labute approximate surface area is 290 Å². The number of aliphatic hydroxyl groups excluding tert-OH is 5. The van der Waals surface area contributed by atoms with Gasteiger partial charge < -0.3 is 49.2 Å². The van der Waals surface area contributed by atoms with Gasteiger partial charge in [-0.2, -0.15) is 0 Å². The van der Waals surface area contributed by atoms with Crippen LogP contribution in [0.5, 0.6) is 0 Å². The van der Waals surface area contributed by atoms with Crippen molar-refractivity contribution in [3.05, 3.63) is 21.7 Å². The molecule has 1 aromatic heterocycles. The molecule has 4 heterocycles. The van der Waals surface area contributed by atoms with E-state index in [0.29, 0.717) is 29.1 Å². The molecule has 1 aromatic rings. The molecule has 0 spiro atoms. The summed E-state index contributed by atoms with van der Waals surface area (Å²) in [5.74, 6) is -2.43. The number of carbonyl (C=O) groups excluding carboxylic acids is 3. The summed E-state index contributed by atoms with van der Waals surface area (Å²) in [6, 6.07) is 0. The molecule has 276 valence electrons. The van der Waals surface area contributed by atoms with Gasteiger partial charge in [-0.15, -0.1) is 11.3 Å². The van der Waals surface area contributed by atoms with E-state index < -0.39 is 78.7 Å². The van der Waals surface area contributed by atoms with Crippen LogP contribution in [0.15, 0.2) is 11.0 Å². The summed E-state index contributed by atoms with van der Waals surface area (Å²) >= 11 is 1.27. The third kappa shape index (κ3) is 10.1. The number of hydrogen-bond acceptors (Lipinski definition) is 15. The molecule has 49 heavy (non-hydrogen) atoms. The van der Waals surface area contributed by atoms with Gasteiger partial charge in [0.2, 0.25) is 0 Å². The molecular weight excluding hydrogens is 662 g/mol. The van der Waals surface area contributed by atoms with E-state index in [-0.39, 0.29) is 37.1 Å². The van der Waals surface area contributed by atoms with Crippen LogP contribution in [-0.4, -0.2) is 116 Å². The first-order valence-electron chi connectivity index (χ1n) is 16.8. The number of hydrogen-bond donors (Lipinski definition) is 5. The summed E-state index contributed by atoms with van der Waals surface area (Å²) in [7, 11) is 0. The van der Waals surface area contributed by atoms with Crippen molar-refractivity contribution in [2.75, 3.05) is 6.61 Å². The number of aromatic nitrogens is 1. The van der Waals surface area contributed by atoms with Gasteiger partial charge in [-0.3, -0.25) is 14.4 Å². The van der Waals surface area contributed by atoms with Crippen molar-refractivity contribution in [2.24, 2.45) is 17.3 Å². The van der Waals surface area contributed by atoms with Crippen molar-refractivity contribution in [1.82, 2.24) is 4.98 Å². The molecule has 0 saturated carbocycles. The number of carbonyl (C=O) groups is 3. The number of fused-ring (bicyclic) bond motifs is 1. The molecule has 3 aliphatic rings. The molecule has 3 aliphatic heterocycles. The Morgan fingerprint density at radius 3 is 2.43 bits per heavy atom. The number of epoxide rings is 1. The Morgan fingerprint density at radius 2 is 1.73 bits per heavy atom. The fourth-order valence-electron chi connectivity index (χ4n) is 6.34. The smallest absolute Gasteiger partial charge is 0.309 e. The topological polar surface area (TPSA) is 215 Å². The maximum Gasteiger partial charge on any atom is 0.309 e. The lowest BCUT2D eigenvalue weighted by atomic mass is 9.73. The third-order valence-electron chi connectivity index (χ3n) is 9.84. The molecule has 12 atom stereocenters. The van der Waals surface area contributed by atoms with Crippen LogP contribution in [0.2, 0.25) is 0 Å². The Hall–Kier alpha value is -2.34. The van der Waals surface area contributed by atoms with Crippen LogP contribution in [0.1, 0.15) is 84.3 Å². The highest BCUT2D eigenvalue weighted by atomic mass is 32.1. The molecule has 4 rings (SSSR count). The number of ketones is 1. The molecule has 14 nitrogen and oxygen atoms in total. The molecule has 0 aromatic carbocycles. The number of esters is 2. The molecule has 0 bridgehead atoms. The summed E-state index contributed by atoms with van der Waals surface area (Å²) in [5, 5.41) is 54.9. The lowest BCUT2D eigenvalue weighted by Gasteiger charge is -2.39. The number of thiazole rings is 1. The summed E-state index contributed by atoms with van der Waals surface area (Å²) < 4.78 is 27.9. The predicted molar refractivity (Wildman–Crippen MR) is 175 cm³/mol. The van der Waals surface area contributed by atoms with Crippen molar-refractivity contribution in [3.8, 4) is 0 Å². The summed E-state index contributed by atoms with van der Waals surface area (Å²) in [4.78, 5) is 42.2. The van der Waals surface area contributed by atoms with Crippen LogP contribution >= 0.6 is 11.3 Å². The Morgan fingerprint density at radius 1 is 1.02 bits per heavy atom. The van der Waals surface area contributed by atoms with Crippen LogP contribution in [0.3, 0.4) is 0 Å². The molecule has 0 amide bonds. The van der Waals surface area contributed by atoms with Gasteiger partial charge in [0.15, 0.2) is 6.29 Å². The van der Waals surface area contributed by atoms with Crippen LogP contribution in [0, 0.1) is 17.3 Å². The fraction of sp³-hybridized carbons (Fsp3) is 0.765. The minimum Gasteiger partial charge on any atom is -0.463 e. The van der Waals surface area contributed by atoms with E-state index in [0.717, 1.165) is 12.8 Å². The van der Waals surface area contributed by atoms with Crippen LogP contribution in [0.4, 0.5) is 0 Å². The highest BCUT2D eigenvalue weighted by Crippen LogP contribution is 2.36. The number of rotatable bonds is 7. The van der Waals surface area contributed by atoms with Crippen LogP contribution < -0.4 is 0 Å². The number of ether oxygens (including phenoxy) is 5. The largest absolute Gasteiger partial charge is 0.463 e. The van der Waals surface area contributed by atoms with Crippen molar-refractivity contribution in [1.29, 1.82) is 0 Å². The van der Waals surface area contributed by atoms with E-state index in [4.69, 9.17) is 23.7 Å². The zero-order valence-corrected chi connectivity index (χ0v) is 29.7. The van der Waals surface area contributed by atoms with Gasteiger partial charge in [0.1, 0.15) is 54.5 Å². The van der Waals surface area contributed by atoms with Gasteiger partial charge >= 0.3 is 11.9 Å². The van der Waals surface area contributed by atoms with Crippen molar-refractivity contribution < 1.29 is 63.6 Å². The minimum atomic E-state index is -1.59. The van der Waals surface area contributed by atoms with Gasteiger partial charge in [-0.1, -0.05) is 34.1 Å².